The molecule has 1 aromatic rings. The molecule has 0 saturated heterocycles. The second-order valence-corrected chi connectivity index (χ2v) is 7.71. The minimum absolute atomic E-state index is 0.193. The van der Waals surface area contributed by atoms with Gasteiger partial charge < -0.3 is 5.11 Å². The summed E-state index contributed by atoms with van der Waals surface area (Å²) in [4.78, 5) is 0. The van der Waals surface area contributed by atoms with Gasteiger partial charge in [-0.15, -0.1) is 0 Å². The highest BCUT2D eigenvalue weighted by molar-refractivity contribution is 5.32. The van der Waals surface area contributed by atoms with Crippen LogP contribution in [0.2, 0.25) is 0 Å². The lowest BCUT2D eigenvalue weighted by Crippen LogP contribution is -2.44. The Morgan fingerprint density at radius 1 is 0.889 bits per heavy atom. The first-order chi connectivity index (χ1) is 8.14. The van der Waals surface area contributed by atoms with Crippen LogP contribution in [0, 0.1) is 17.8 Å². The molecule has 18 heavy (non-hydrogen) atoms. The van der Waals surface area contributed by atoms with Gasteiger partial charge in [0, 0.05) is 0 Å². The van der Waals surface area contributed by atoms with Gasteiger partial charge in [0.1, 0.15) is 0 Å². The van der Waals surface area contributed by atoms with Gasteiger partial charge in [0.25, 0.3) is 0 Å². The molecule has 0 radical (unpaired) electrons. The lowest BCUT2D eigenvalue weighted by Gasteiger charge is -2.50. The molecule has 1 heteroatoms. The summed E-state index contributed by atoms with van der Waals surface area (Å²) in [5.41, 5.74) is 2.04. The molecule has 1 N–H and O–H groups in total. The van der Waals surface area contributed by atoms with Gasteiger partial charge in [-0.3, -0.25) is 0 Å². The molecule has 0 spiro atoms. The van der Waals surface area contributed by atoms with Crippen molar-refractivity contribution in [2.75, 3.05) is 0 Å². The summed E-state index contributed by atoms with van der Waals surface area (Å²) in [6.45, 7) is 11.2. The maximum atomic E-state index is 11.2. The second-order valence-electron chi connectivity index (χ2n) is 7.71. The summed E-state index contributed by atoms with van der Waals surface area (Å²) >= 11 is 0. The van der Waals surface area contributed by atoms with E-state index in [1.807, 2.05) is 12.1 Å². The molecular weight excluding hydrogens is 220 g/mol. The van der Waals surface area contributed by atoms with Crippen molar-refractivity contribution < 1.29 is 5.11 Å². The van der Waals surface area contributed by atoms with Crippen LogP contribution in [0.4, 0.5) is 0 Å². The SMILES string of the molecule is Cc1ccccc1C1(O)CC(C)(C)CC(C)(C)C1. The number of aryl methyl sites for hydroxylation is 1. The molecule has 1 nitrogen and oxygen atoms in total. The molecule has 1 aromatic carbocycles. The first-order valence-electron chi connectivity index (χ1n) is 6.92. The average Bonchev–Trinajstić information content (AvgIpc) is 2.11. The van der Waals surface area contributed by atoms with Crippen molar-refractivity contribution in [3.05, 3.63) is 35.4 Å². The van der Waals surface area contributed by atoms with Crippen molar-refractivity contribution in [3.8, 4) is 0 Å². The molecule has 0 aliphatic heterocycles. The van der Waals surface area contributed by atoms with E-state index in [-0.39, 0.29) is 10.8 Å². The molecule has 1 aliphatic carbocycles. The smallest absolute Gasteiger partial charge is 0.0909 e. The van der Waals surface area contributed by atoms with Crippen LogP contribution in [0.1, 0.15) is 58.1 Å². The van der Waals surface area contributed by atoms with E-state index in [4.69, 9.17) is 0 Å². The lowest BCUT2D eigenvalue weighted by atomic mass is 9.58. The fourth-order valence-electron chi connectivity index (χ4n) is 4.35. The Morgan fingerprint density at radius 2 is 1.39 bits per heavy atom. The number of hydrogen-bond acceptors (Lipinski definition) is 1. The topological polar surface area (TPSA) is 20.2 Å². The van der Waals surface area contributed by atoms with Crippen LogP contribution >= 0.6 is 0 Å². The highest BCUT2D eigenvalue weighted by Crippen LogP contribution is 2.54. The molecule has 100 valence electrons. The van der Waals surface area contributed by atoms with Gasteiger partial charge in [-0.25, -0.2) is 0 Å². The molecule has 0 atom stereocenters. The van der Waals surface area contributed by atoms with E-state index in [2.05, 4.69) is 46.8 Å². The standard InChI is InChI=1S/C17H26O/c1-13-8-6-7-9-14(13)17(18)11-15(2,3)10-16(4,5)12-17/h6-9,18H,10-12H2,1-5H3. The zero-order chi connectivity index (χ0) is 13.6. The normalized spacial score (nSPS) is 24.8. The van der Waals surface area contributed by atoms with E-state index >= 15 is 0 Å². The predicted molar refractivity (Wildman–Crippen MR) is 76.5 cm³/mol. The largest absolute Gasteiger partial charge is 0.385 e. The van der Waals surface area contributed by atoms with E-state index in [9.17, 15) is 5.11 Å². The van der Waals surface area contributed by atoms with Gasteiger partial charge in [0.2, 0.25) is 0 Å². The van der Waals surface area contributed by atoms with E-state index in [0.29, 0.717) is 0 Å². The molecular formula is C17H26O. The van der Waals surface area contributed by atoms with Crippen molar-refractivity contribution >= 4 is 0 Å². The van der Waals surface area contributed by atoms with Crippen LogP contribution in [-0.2, 0) is 5.60 Å². The van der Waals surface area contributed by atoms with Crippen molar-refractivity contribution in [3.63, 3.8) is 0 Å². The summed E-state index contributed by atoms with van der Waals surface area (Å²) in [5.74, 6) is 0. The molecule has 0 bridgehead atoms. The summed E-state index contributed by atoms with van der Waals surface area (Å²) in [6, 6.07) is 8.27. The maximum Gasteiger partial charge on any atom is 0.0909 e. The third-order valence-corrected chi connectivity index (χ3v) is 4.15. The fraction of sp³-hybridized carbons (Fsp3) is 0.647. The predicted octanol–water partition coefficient (Wildman–Crippen LogP) is 4.42. The molecule has 0 heterocycles. The Bertz CT molecular complexity index is 427. The number of benzene rings is 1. The van der Waals surface area contributed by atoms with Crippen molar-refractivity contribution in [2.24, 2.45) is 10.8 Å². The van der Waals surface area contributed by atoms with Crippen LogP contribution in [0.25, 0.3) is 0 Å². The Labute approximate surface area is 111 Å². The Kier molecular flexibility index (Phi) is 3.09. The highest BCUT2D eigenvalue weighted by Gasteiger charge is 2.47. The van der Waals surface area contributed by atoms with Crippen molar-refractivity contribution in [1.29, 1.82) is 0 Å². The molecule has 1 saturated carbocycles. The van der Waals surface area contributed by atoms with Crippen molar-refractivity contribution in [1.82, 2.24) is 0 Å². The average molecular weight is 246 g/mol. The van der Waals surface area contributed by atoms with Gasteiger partial charge in [0.15, 0.2) is 0 Å². The molecule has 2 rings (SSSR count). The van der Waals surface area contributed by atoms with Crippen molar-refractivity contribution in [2.45, 2.75) is 59.5 Å². The van der Waals surface area contributed by atoms with E-state index in [1.165, 1.54) is 12.0 Å². The molecule has 0 aromatic heterocycles. The first-order valence-corrected chi connectivity index (χ1v) is 6.92. The number of hydrogen-bond donors (Lipinski definition) is 1. The van der Waals surface area contributed by atoms with Gasteiger partial charge >= 0.3 is 0 Å². The minimum atomic E-state index is -0.670. The van der Waals surface area contributed by atoms with Crippen LogP contribution in [0.15, 0.2) is 24.3 Å². The van der Waals surface area contributed by atoms with Gasteiger partial charge in [0.05, 0.1) is 5.60 Å². The number of rotatable bonds is 1. The van der Waals surface area contributed by atoms with E-state index in [1.54, 1.807) is 0 Å². The van der Waals surface area contributed by atoms with Crippen LogP contribution in [0.3, 0.4) is 0 Å². The van der Waals surface area contributed by atoms with Gasteiger partial charge in [-0.1, -0.05) is 52.0 Å². The maximum absolute atomic E-state index is 11.2. The summed E-state index contributed by atoms with van der Waals surface area (Å²) < 4.78 is 0. The Balaban J connectivity index is 2.45. The Morgan fingerprint density at radius 3 is 1.89 bits per heavy atom. The van der Waals surface area contributed by atoms with Gasteiger partial charge in [-0.05, 0) is 48.1 Å². The monoisotopic (exact) mass is 246 g/mol. The summed E-state index contributed by atoms with van der Waals surface area (Å²) in [5, 5.41) is 11.2. The lowest BCUT2D eigenvalue weighted by molar-refractivity contribution is -0.0916. The molecule has 1 aliphatic rings. The Hall–Kier alpha value is -0.820. The summed E-state index contributed by atoms with van der Waals surface area (Å²) in [7, 11) is 0. The third kappa shape index (κ3) is 2.61. The highest BCUT2D eigenvalue weighted by atomic mass is 16.3. The summed E-state index contributed by atoms with van der Waals surface area (Å²) in [6.07, 6.45) is 2.89. The van der Waals surface area contributed by atoms with Crippen LogP contribution in [-0.4, -0.2) is 5.11 Å². The first kappa shape index (κ1) is 13.6. The minimum Gasteiger partial charge on any atom is -0.385 e. The second kappa shape index (κ2) is 4.09. The molecule has 1 fully saturated rings. The van der Waals surface area contributed by atoms with E-state index < -0.39 is 5.60 Å². The zero-order valence-electron chi connectivity index (χ0n) is 12.4. The van der Waals surface area contributed by atoms with Gasteiger partial charge in [-0.2, -0.15) is 0 Å². The molecule has 0 unspecified atom stereocenters. The van der Waals surface area contributed by atoms with Crippen LogP contribution < -0.4 is 0 Å². The molecule has 0 amide bonds. The van der Waals surface area contributed by atoms with Crippen LogP contribution in [0.5, 0.6) is 0 Å². The van der Waals surface area contributed by atoms with E-state index in [0.717, 1.165) is 18.4 Å². The fourth-order valence-corrected chi connectivity index (χ4v) is 4.35. The quantitative estimate of drug-likeness (QED) is 0.777. The zero-order valence-corrected chi connectivity index (χ0v) is 12.4. The number of aliphatic hydroxyl groups is 1. The third-order valence-electron chi connectivity index (χ3n) is 4.15.